The summed E-state index contributed by atoms with van der Waals surface area (Å²) in [5.74, 6) is 0.161. The molecule has 1 atom stereocenters. The molecule has 0 bridgehead atoms. The predicted molar refractivity (Wildman–Crippen MR) is 124 cm³/mol. The first-order valence-electron chi connectivity index (χ1n) is 10.7. The van der Waals surface area contributed by atoms with E-state index < -0.39 is 16.1 Å². The Morgan fingerprint density at radius 1 is 0.938 bits per heavy atom. The number of carbonyl (C=O) groups is 1. The Hall–Kier alpha value is -3.32. The van der Waals surface area contributed by atoms with Gasteiger partial charge in [0.25, 0.3) is 15.9 Å². The van der Waals surface area contributed by atoms with E-state index in [1.807, 2.05) is 31.2 Å². The van der Waals surface area contributed by atoms with Crippen molar-refractivity contribution in [3.05, 3.63) is 83.9 Å². The second-order valence-corrected chi connectivity index (χ2v) is 10.0. The third-order valence-corrected chi connectivity index (χ3v) is 7.79. The summed E-state index contributed by atoms with van der Waals surface area (Å²) in [6.45, 7) is 2.42. The Kier molecular flexibility index (Phi) is 5.13. The lowest BCUT2D eigenvalue weighted by atomic mass is 10.0. The number of benzene rings is 3. The molecule has 0 saturated carbocycles. The highest BCUT2D eigenvalue weighted by molar-refractivity contribution is 7.92. The summed E-state index contributed by atoms with van der Waals surface area (Å²) >= 11 is 0. The number of sulfonamides is 1. The Morgan fingerprint density at radius 2 is 1.62 bits per heavy atom. The van der Waals surface area contributed by atoms with Gasteiger partial charge in [-0.1, -0.05) is 48.0 Å². The molecule has 0 aromatic heterocycles. The minimum Gasteiger partial charge on any atom is -0.476 e. The molecule has 6 nitrogen and oxygen atoms in total. The molecule has 2 heterocycles. The van der Waals surface area contributed by atoms with Crippen molar-refractivity contribution in [2.24, 2.45) is 0 Å². The number of hydrogen-bond acceptors (Lipinski definition) is 4. The summed E-state index contributed by atoms with van der Waals surface area (Å²) in [5, 5.41) is 0. The molecule has 164 valence electrons. The number of para-hydroxylation sites is 3. The van der Waals surface area contributed by atoms with E-state index in [1.165, 1.54) is 4.31 Å². The first-order valence-corrected chi connectivity index (χ1v) is 12.1. The van der Waals surface area contributed by atoms with Crippen molar-refractivity contribution in [2.45, 2.75) is 30.8 Å². The molecule has 2 aliphatic rings. The Balaban J connectivity index is 1.52. The maximum atomic E-state index is 13.6. The number of fused-ring (bicyclic) bond motifs is 2. The highest BCUT2D eigenvalue weighted by atomic mass is 32.2. The molecule has 0 fully saturated rings. The molecule has 1 amide bonds. The zero-order valence-corrected chi connectivity index (χ0v) is 18.6. The van der Waals surface area contributed by atoms with E-state index in [-0.39, 0.29) is 17.3 Å². The molecule has 5 rings (SSSR count). The summed E-state index contributed by atoms with van der Waals surface area (Å²) in [7, 11) is -3.87. The van der Waals surface area contributed by atoms with Crippen LogP contribution in [0.15, 0.2) is 77.7 Å². The van der Waals surface area contributed by atoms with Crippen LogP contribution in [0.5, 0.6) is 5.75 Å². The van der Waals surface area contributed by atoms with Crippen LogP contribution in [0.2, 0.25) is 0 Å². The van der Waals surface area contributed by atoms with E-state index in [0.29, 0.717) is 18.0 Å². The van der Waals surface area contributed by atoms with Crippen molar-refractivity contribution in [3.8, 4) is 5.75 Å². The fraction of sp³-hybridized carbons (Fsp3) is 0.240. The number of rotatable bonds is 3. The van der Waals surface area contributed by atoms with E-state index in [4.69, 9.17) is 4.74 Å². The van der Waals surface area contributed by atoms with Gasteiger partial charge in [-0.15, -0.1) is 0 Å². The first kappa shape index (κ1) is 20.6. The van der Waals surface area contributed by atoms with Crippen LogP contribution in [-0.2, 0) is 21.2 Å². The molecule has 32 heavy (non-hydrogen) atoms. The molecule has 0 spiro atoms. The molecule has 0 N–H and O–H groups in total. The second kappa shape index (κ2) is 7.98. The average molecular weight is 449 g/mol. The highest BCUT2D eigenvalue weighted by Gasteiger charge is 2.40. The van der Waals surface area contributed by atoms with Gasteiger partial charge in [-0.05, 0) is 55.7 Å². The Morgan fingerprint density at radius 3 is 2.41 bits per heavy atom. The van der Waals surface area contributed by atoms with Gasteiger partial charge in [0.05, 0.1) is 17.1 Å². The van der Waals surface area contributed by atoms with Gasteiger partial charge < -0.3 is 9.64 Å². The third kappa shape index (κ3) is 3.52. The van der Waals surface area contributed by atoms with Gasteiger partial charge in [0.15, 0.2) is 6.10 Å². The fourth-order valence-electron chi connectivity index (χ4n) is 4.33. The molecule has 0 radical (unpaired) electrons. The molecule has 0 saturated heterocycles. The smallest absolute Gasteiger partial charge is 0.269 e. The summed E-state index contributed by atoms with van der Waals surface area (Å²) in [5.41, 5.74) is 3.41. The van der Waals surface area contributed by atoms with Gasteiger partial charge in [0, 0.05) is 12.2 Å². The molecule has 0 aliphatic carbocycles. The van der Waals surface area contributed by atoms with E-state index >= 15 is 0 Å². The van der Waals surface area contributed by atoms with Gasteiger partial charge in [0.1, 0.15) is 5.75 Å². The Labute approximate surface area is 188 Å². The molecular weight excluding hydrogens is 424 g/mol. The quantitative estimate of drug-likeness (QED) is 0.609. The van der Waals surface area contributed by atoms with E-state index in [2.05, 4.69) is 0 Å². The van der Waals surface area contributed by atoms with E-state index in [9.17, 15) is 13.2 Å². The number of anilines is 2. The van der Waals surface area contributed by atoms with Crippen molar-refractivity contribution in [2.75, 3.05) is 22.3 Å². The van der Waals surface area contributed by atoms with Crippen LogP contribution in [0.4, 0.5) is 11.4 Å². The van der Waals surface area contributed by atoms with E-state index in [0.717, 1.165) is 29.7 Å². The highest BCUT2D eigenvalue weighted by Crippen LogP contribution is 2.38. The van der Waals surface area contributed by atoms with Gasteiger partial charge in [-0.25, -0.2) is 8.42 Å². The maximum Gasteiger partial charge on any atom is 0.269 e. The monoisotopic (exact) mass is 448 g/mol. The average Bonchev–Trinajstić information content (AvgIpc) is 2.82. The third-order valence-electron chi connectivity index (χ3n) is 6.00. The minimum atomic E-state index is -3.87. The van der Waals surface area contributed by atoms with Crippen molar-refractivity contribution in [1.82, 2.24) is 0 Å². The van der Waals surface area contributed by atoms with E-state index in [1.54, 1.807) is 53.4 Å². The second-order valence-electron chi connectivity index (χ2n) is 8.15. The zero-order valence-electron chi connectivity index (χ0n) is 17.8. The van der Waals surface area contributed by atoms with Crippen LogP contribution in [0, 0.1) is 6.92 Å². The van der Waals surface area contributed by atoms with Crippen LogP contribution >= 0.6 is 0 Å². The van der Waals surface area contributed by atoms with Crippen LogP contribution in [0.3, 0.4) is 0 Å². The number of aryl methyl sites for hydroxylation is 2. The SMILES string of the molecule is Cc1ccc(S(=O)(=O)N2CC(C(=O)N3CCCc4ccccc43)Oc3ccccc32)cc1. The number of hydrogen-bond donors (Lipinski definition) is 0. The molecule has 3 aromatic carbocycles. The van der Waals surface area contributed by atoms with Gasteiger partial charge in [0.2, 0.25) is 0 Å². The van der Waals surface area contributed by atoms with Crippen molar-refractivity contribution < 1.29 is 17.9 Å². The molecule has 3 aromatic rings. The summed E-state index contributed by atoms with van der Waals surface area (Å²) in [6.07, 6.45) is 0.843. The van der Waals surface area contributed by atoms with Crippen LogP contribution in [0.1, 0.15) is 17.5 Å². The normalized spacial score (nSPS) is 17.8. The van der Waals surface area contributed by atoms with Crippen LogP contribution in [0.25, 0.3) is 0 Å². The summed E-state index contributed by atoms with van der Waals surface area (Å²) in [6, 6.07) is 21.5. The first-order chi connectivity index (χ1) is 15.4. The number of carbonyl (C=O) groups excluding carboxylic acids is 1. The topological polar surface area (TPSA) is 66.9 Å². The van der Waals surface area contributed by atoms with Crippen molar-refractivity contribution in [3.63, 3.8) is 0 Å². The van der Waals surface area contributed by atoms with Crippen molar-refractivity contribution >= 4 is 27.3 Å². The lowest BCUT2D eigenvalue weighted by Crippen LogP contribution is -2.52. The van der Waals surface area contributed by atoms with Gasteiger partial charge >= 0.3 is 0 Å². The number of ether oxygens (including phenoxy) is 1. The minimum absolute atomic E-state index is 0.0786. The number of nitrogens with zero attached hydrogens (tertiary/aromatic N) is 2. The zero-order chi connectivity index (χ0) is 22.3. The lowest BCUT2D eigenvalue weighted by Gasteiger charge is -2.38. The maximum absolute atomic E-state index is 13.6. The lowest BCUT2D eigenvalue weighted by molar-refractivity contribution is -0.125. The fourth-order valence-corrected chi connectivity index (χ4v) is 5.81. The standard InChI is InChI=1S/C25H24N2O4S/c1-18-12-14-20(15-13-18)32(29,30)27-17-24(31-23-11-5-4-10-22(23)27)25(28)26-16-6-8-19-7-2-3-9-21(19)26/h2-5,7,9-15,24H,6,8,16-17H2,1H3. The largest absolute Gasteiger partial charge is 0.476 e. The molecular formula is C25H24N2O4S. The van der Waals surface area contributed by atoms with Gasteiger partial charge in [-0.2, -0.15) is 0 Å². The van der Waals surface area contributed by atoms with Crippen LogP contribution < -0.4 is 13.9 Å². The van der Waals surface area contributed by atoms with Crippen molar-refractivity contribution in [1.29, 1.82) is 0 Å². The predicted octanol–water partition coefficient (Wildman–Crippen LogP) is 3.93. The molecule has 2 aliphatic heterocycles. The van der Waals surface area contributed by atoms with Gasteiger partial charge in [-0.3, -0.25) is 9.10 Å². The Bertz CT molecular complexity index is 1270. The summed E-state index contributed by atoms with van der Waals surface area (Å²) in [4.78, 5) is 15.5. The number of amides is 1. The summed E-state index contributed by atoms with van der Waals surface area (Å²) < 4.78 is 34.4. The molecule has 7 heteroatoms. The van der Waals surface area contributed by atoms with Crippen LogP contribution in [-0.4, -0.2) is 33.5 Å². The molecule has 1 unspecified atom stereocenters.